The molecule has 0 bridgehead atoms. The maximum absolute atomic E-state index is 15.0. The van der Waals surface area contributed by atoms with Crippen LogP contribution in [0.25, 0.3) is 0 Å². The summed E-state index contributed by atoms with van der Waals surface area (Å²) in [7, 11) is 0. The molecule has 0 aliphatic carbocycles. The van der Waals surface area contributed by atoms with Crippen LogP contribution in [0.4, 0.5) is 8.78 Å². The minimum atomic E-state index is -3.45. The summed E-state index contributed by atoms with van der Waals surface area (Å²) in [6, 6.07) is 4.05. The van der Waals surface area contributed by atoms with Crippen LogP contribution in [-0.2, 0) is 10.7 Å². The van der Waals surface area contributed by atoms with Gasteiger partial charge in [-0.2, -0.15) is 8.78 Å². The highest BCUT2D eigenvalue weighted by Gasteiger charge is 2.41. The first-order valence-corrected chi connectivity index (χ1v) is 8.95. The highest BCUT2D eigenvalue weighted by atomic mass is 35.5. The summed E-state index contributed by atoms with van der Waals surface area (Å²) < 4.78 is 40.2. The Bertz CT molecular complexity index is 749. The SMILES string of the molecule is CCOC(=O)c1csc(C(F)(F)c2cc(Cl)ccc2OCC(C)C)n1. The predicted molar refractivity (Wildman–Crippen MR) is 92.9 cm³/mol. The maximum atomic E-state index is 15.0. The first-order chi connectivity index (χ1) is 11.8. The molecule has 0 aliphatic heterocycles. The Labute approximate surface area is 153 Å². The van der Waals surface area contributed by atoms with Crippen molar-refractivity contribution in [2.75, 3.05) is 13.2 Å². The van der Waals surface area contributed by atoms with Crippen LogP contribution < -0.4 is 4.74 Å². The van der Waals surface area contributed by atoms with Gasteiger partial charge in [-0.25, -0.2) is 9.78 Å². The van der Waals surface area contributed by atoms with Crippen LogP contribution >= 0.6 is 22.9 Å². The Balaban J connectivity index is 2.38. The van der Waals surface area contributed by atoms with E-state index in [1.807, 2.05) is 13.8 Å². The Morgan fingerprint density at radius 2 is 2.12 bits per heavy atom. The lowest BCUT2D eigenvalue weighted by Gasteiger charge is -2.19. The van der Waals surface area contributed by atoms with Crippen LogP contribution in [0.1, 0.15) is 41.8 Å². The molecule has 0 unspecified atom stereocenters. The van der Waals surface area contributed by atoms with Gasteiger partial charge < -0.3 is 9.47 Å². The molecule has 0 atom stereocenters. The van der Waals surface area contributed by atoms with E-state index in [0.29, 0.717) is 11.3 Å². The van der Waals surface area contributed by atoms with E-state index < -0.39 is 16.9 Å². The number of benzene rings is 1. The summed E-state index contributed by atoms with van der Waals surface area (Å²) >= 11 is 6.57. The van der Waals surface area contributed by atoms with Crippen molar-refractivity contribution >= 4 is 28.9 Å². The maximum Gasteiger partial charge on any atom is 0.357 e. The third-order valence-electron chi connectivity index (χ3n) is 3.11. The molecule has 1 heterocycles. The number of carbonyl (C=O) groups excluding carboxylic acids is 1. The summed E-state index contributed by atoms with van der Waals surface area (Å²) in [5, 5.41) is 0.890. The molecule has 0 amide bonds. The standard InChI is InChI=1S/C17H18ClF2NO3S/c1-4-23-15(22)13-9-25-16(21-13)17(19,20)12-7-11(18)5-6-14(12)24-8-10(2)3/h5-7,9-10H,4,8H2,1-3H3. The third-order valence-corrected chi connectivity index (χ3v) is 4.26. The zero-order valence-electron chi connectivity index (χ0n) is 14.0. The Morgan fingerprint density at radius 3 is 2.76 bits per heavy atom. The topological polar surface area (TPSA) is 48.4 Å². The highest BCUT2D eigenvalue weighted by Crippen LogP contribution is 2.43. The van der Waals surface area contributed by atoms with Crippen LogP contribution in [0, 0.1) is 5.92 Å². The number of halogens is 3. The van der Waals surface area contributed by atoms with E-state index in [2.05, 4.69) is 4.98 Å². The van der Waals surface area contributed by atoms with Gasteiger partial charge in [0.15, 0.2) is 10.7 Å². The fourth-order valence-electron chi connectivity index (χ4n) is 1.96. The first-order valence-electron chi connectivity index (χ1n) is 7.69. The average Bonchev–Trinajstić information content (AvgIpc) is 3.04. The van der Waals surface area contributed by atoms with Gasteiger partial charge in [0.05, 0.1) is 18.8 Å². The van der Waals surface area contributed by atoms with Crippen molar-refractivity contribution in [3.63, 3.8) is 0 Å². The van der Waals surface area contributed by atoms with Gasteiger partial charge in [-0.15, -0.1) is 11.3 Å². The predicted octanol–water partition coefficient (Wildman–Crippen LogP) is 5.15. The van der Waals surface area contributed by atoms with Crippen LogP contribution in [0.2, 0.25) is 5.02 Å². The monoisotopic (exact) mass is 389 g/mol. The van der Waals surface area contributed by atoms with Gasteiger partial charge in [0, 0.05) is 10.4 Å². The minimum absolute atomic E-state index is 0.0379. The van der Waals surface area contributed by atoms with Crippen LogP contribution in [-0.4, -0.2) is 24.2 Å². The molecule has 0 saturated carbocycles. The van der Waals surface area contributed by atoms with Crippen LogP contribution in [0.5, 0.6) is 5.75 Å². The average molecular weight is 390 g/mol. The highest BCUT2D eigenvalue weighted by molar-refractivity contribution is 7.10. The summed E-state index contributed by atoms with van der Waals surface area (Å²) in [4.78, 5) is 15.4. The largest absolute Gasteiger partial charge is 0.493 e. The molecule has 8 heteroatoms. The number of thiazole rings is 1. The second-order valence-electron chi connectivity index (χ2n) is 5.68. The molecule has 0 saturated heterocycles. The Hall–Kier alpha value is -1.73. The van der Waals surface area contributed by atoms with E-state index in [1.54, 1.807) is 6.92 Å². The Morgan fingerprint density at radius 1 is 1.40 bits per heavy atom. The summed E-state index contributed by atoms with van der Waals surface area (Å²) in [6.07, 6.45) is 0. The van der Waals surface area contributed by atoms with Crippen molar-refractivity contribution in [1.82, 2.24) is 4.98 Å². The number of esters is 1. The molecule has 136 valence electrons. The number of nitrogens with zero attached hydrogens (tertiary/aromatic N) is 1. The smallest absolute Gasteiger partial charge is 0.357 e. The molecule has 1 aromatic carbocycles. The molecule has 0 fully saturated rings. The van der Waals surface area contributed by atoms with Gasteiger partial charge in [-0.3, -0.25) is 0 Å². The van der Waals surface area contributed by atoms with E-state index in [9.17, 15) is 13.6 Å². The number of carbonyl (C=O) groups is 1. The third kappa shape index (κ3) is 4.67. The lowest BCUT2D eigenvalue weighted by atomic mass is 10.1. The Kier molecular flexibility index (Phi) is 6.35. The molecule has 25 heavy (non-hydrogen) atoms. The van der Waals surface area contributed by atoms with E-state index in [-0.39, 0.29) is 41.2 Å². The van der Waals surface area contributed by atoms with Gasteiger partial charge in [-0.05, 0) is 31.0 Å². The van der Waals surface area contributed by atoms with Crippen molar-refractivity contribution in [1.29, 1.82) is 0 Å². The molecule has 0 N–H and O–H groups in total. The van der Waals surface area contributed by atoms with Crippen LogP contribution in [0.15, 0.2) is 23.6 Å². The zero-order valence-corrected chi connectivity index (χ0v) is 15.6. The number of hydrogen-bond acceptors (Lipinski definition) is 5. The first kappa shape index (κ1) is 19.6. The van der Waals surface area contributed by atoms with Crippen molar-refractivity contribution in [3.05, 3.63) is 44.9 Å². The fraction of sp³-hybridized carbons (Fsp3) is 0.412. The lowest BCUT2D eigenvalue weighted by Crippen LogP contribution is -2.18. The lowest BCUT2D eigenvalue weighted by molar-refractivity contribution is 0.0381. The van der Waals surface area contributed by atoms with Gasteiger partial charge in [0.25, 0.3) is 0 Å². The molecule has 2 aromatic rings. The van der Waals surface area contributed by atoms with E-state index in [4.69, 9.17) is 21.1 Å². The van der Waals surface area contributed by atoms with E-state index >= 15 is 0 Å². The van der Waals surface area contributed by atoms with Crippen LogP contribution in [0.3, 0.4) is 0 Å². The molecule has 2 rings (SSSR count). The van der Waals surface area contributed by atoms with Gasteiger partial charge >= 0.3 is 11.9 Å². The second-order valence-corrected chi connectivity index (χ2v) is 6.97. The number of alkyl halides is 2. The molecule has 0 radical (unpaired) electrons. The number of hydrogen-bond donors (Lipinski definition) is 0. The van der Waals surface area contributed by atoms with Gasteiger partial charge in [-0.1, -0.05) is 25.4 Å². The number of ether oxygens (including phenoxy) is 2. The second kappa shape index (κ2) is 8.10. The van der Waals surface area contributed by atoms with Crippen molar-refractivity contribution < 1.29 is 23.0 Å². The van der Waals surface area contributed by atoms with Gasteiger partial charge in [0.1, 0.15) is 5.75 Å². The van der Waals surface area contributed by atoms with Crippen molar-refractivity contribution in [3.8, 4) is 5.75 Å². The number of rotatable bonds is 7. The minimum Gasteiger partial charge on any atom is -0.493 e. The fourth-order valence-corrected chi connectivity index (χ4v) is 2.92. The molecule has 1 aromatic heterocycles. The van der Waals surface area contributed by atoms with Gasteiger partial charge in [0.2, 0.25) is 0 Å². The summed E-state index contributed by atoms with van der Waals surface area (Å²) in [6.45, 7) is 5.89. The molecule has 0 aliphatic rings. The summed E-state index contributed by atoms with van der Waals surface area (Å²) in [5.74, 6) is -3.97. The molecular weight excluding hydrogens is 372 g/mol. The van der Waals surface area contributed by atoms with Crippen molar-refractivity contribution in [2.45, 2.75) is 26.7 Å². The normalized spacial score (nSPS) is 11.6. The van der Waals surface area contributed by atoms with Crippen molar-refractivity contribution in [2.24, 2.45) is 5.92 Å². The van der Waals surface area contributed by atoms with E-state index in [1.165, 1.54) is 17.5 Å². The quantitative estimate of drug-likeness (QED) is 0.614. The molecule has 0 spiro atoms. The van der Waals surface area contributed by atoms with E-state index in [0.717, 1.165) is 6.07 Å². The zero-order chi connectivity index (χ0) is 18.6. The number of aromatic nitrogens is 1. The summed E-state index contributed by atoms with van der Waals surface area (Å²) in [5.41, 5.74) is -0.529. The molecular formula is C17H18ClF2NO3S. The molecule has 4 nitrogen and oxygen atoms in total.